The predicted molar refractivity (Wildman–Crippen MR) is 53.3 cm³/mol. The largest absolute Gasteiger partial charge is 0.396 e. The Kier molecular flexibility index (Phi) is 3.57. The second-order valence-corrected chi connectivity index (χ2v) is 2.67. The molecule has 0 aromatic heterocycles. The molecule has 1 atom stereocenters. The summed E-state index contributed by atoms with van der Waals surface area (Å²) in [5.41, 5.74) is 9.69. The van der Waals surface area contributed by atoms with Crippen LogP contribution in [0.3, 0.4) is 0 Å². The molecule has 0 radical (unpaired) electrons. The molecule has 0 spiro atoms. The topological polar surface area (TPSA) is 69.0 Å². The van der Waals surface area contributed by atoms with Crippen molar-refractivity contribution < 1.29 is 5.11 Å². The fourth-order valence-electron chi connectivity index (χ4n) is 1.11. The second-order valence-electron chi connectivity index (χ2n) is 2.67. The molecule has 1 aromatic carbocycles. The first-order chi connectivity index (χ1) is 6.81. The Morgan fingerprint density at radius 3 is 3.00 bits per heavy atom. The molecule has 1 rings (SSSR count). The van der Waals surface area contributed by atoms with E-state index in [1.54, 1.807) is 24.3 Å². The molecule has 0 saturated carbocycles. The lowest BCUT2D eigenvalue weighted by molar-refractivity contribution is 0.268. The van der Waals surface area contributed by atoms with Gasteiger partial charge in [-0.25, -0.2) is 0 Å². The number of aliphatic hydroxyl groups excluding tert-OH is 1. The van der Waals surface area contributed by atoms with Gasteiger partial charge in [-0.1, -0.05) is 23.2 Å². The predicted octanol–water partition coefficient (Wildman–Crippen LogP) is 2.01. The van der Waals surface area contributed by atoms with E-state index in [9.17, 15) is 0 Å². The van der Waals surface area contributed by atoms with Crippen LogP contribution >= 0.6 is 0 Å². The molecule has 0 saturated heterocycles. The monoisotopic (exact) mass is 187 g/mol. The molecule has 0 heterocycles. The first kappa shape index (κ1) is 10.1. The van der Waals surface area contributed by atoms with Gasteiger partial charge < -0.3 is 5.11 Å². The summed E-state index contributed by atoms with van der Waals surface area (Å²) < 4.78 is 0. The number of hydrogen-bond acceptors (Lipinski definition) is 2. The SMILES string of the molecule is C#Cc1cccc(C(CO)N=[N+]=[N-])c1. The Hall–Kier alpha value is -1.95. The molecule has 70 valence electrons. The number of azide groups is 1. The smallest absolute Gasteiger partial charge is 0.0856 e. The summed E-state index contributed by atoms with van der Waals surface area (Å²) in [6.07, 6.45) is 5.22. The zero-order chi connectivity index (χ0) is 10.4. The molecule has 0 amide bonds. The third-order valence-electron chi connectivity index (χ3n) is 1.80. The van der Waals surface area contributed by atoms with Crippen molar-refractivity contribution in [3.63, 3.8) is 0 Å². The van der Waals surface area contributed by atoms with Crippen molar-refractivity contribution in [1.82, 2.24) is 0 Å². The average molecular weight is 187 g/mol. The molecular formula is C10H9N3O. The minimum atomic E-state index is -0.562. The van der Waals surface area contributed by atoms with E-state index in [4.69, 9.17) is 17.1 Å². The molecule has 4 heteroatoms. The lowest BCUT2D eigenvalue weighted by Gasteiger charge is -2.07. The van der Waals surface area contributed by atoms with Gasteiger partial charge in [0.05, 0.1) is 12.6 Å². The van der Waals surface area contributed by atoms with E-state index in [0.717, 1.165) is 5.56 Å². The van der Waals surface area contributed by atoms with Crippen LogP contribution in [0.5, 0.6) is 0 Å². The van der Waals surface area contributed by atoms with E-state index in [-0.39, 0.29) is 6.61 Å². The van der Waals surface area contributed by atoms with Crippen molar-refractivity contribution in [3.8, 4) is 12.3 Å². The zero-order valence-corrected chi connectivity index (χ0v) is 7.46. The van der Waals surface area contributed by atoms with Crippen molar-refractivity contribution in [2.45, 2.75) is 6.04 Å². The quantitative estimate of drug-likeness (QED) is 0.334. The van der Waals surface area contributed by atoms with E-state index < -0.39 is 6.04 Å². The van der Waals surface area contributed by atoms with E-state index in [2.05, 4.69) is 15.9 Å². The van der Waals surface area contributed by atoms with Crippen molar-refractivity contribution in [3.05, 3.63) is 45.8 Å². The fraction of sp³-hybridized carbons (Fsp3) is 0.200. The highest BCUT2D eigenvalue weighted by molar-refractivity contribution is 5.36. The molecule has 4 nitrogen and oxygen atoms in total. The summed E-state index contributed by atoms with van der Waals surface area (Å²) >= 11 is 0. The normalized spacial score (nSPS) is 11.1. The maximum Gasteiger partial charge on any atom is 0.0856 e. The minimum absolute atomic E-state index is 0.224. The Bertz CT molecular complexity index is 402. The molecule has 14 heavy (non-hydrogen) atoms. The van der Waals surface area contributed by atoms with Gasteiger partial charge in [-0.05, 0) is 23.2 Å². The van der Waals surface area contributed by atoms with Gasteiger partial charge >= 0.3 is 0 Å². The van der Waals surface area contributed by atoms with Crippen LogP contribution < -0.4 is 0 Å². The first-order valence-electron chi connectivity index (χ1n) is 4.03. The molecule has 1 N–H and O–H groups in total. The first-order valence-corrected chi connectivity index (χ1v) is 4.03. The minimum Gasteiger partial charge on any atom is -0.396 e. The lowest BCUT2D eigenvalue weighted by Crippen LogP contribution is -1.99. The molecule has 0 fully saturated rings. The third-order valence-corrected chi connectivity index (χ3v) is 1.80. The van der Waals surface area contributed by atoms with E-state index in [1.165, 1.54) is 0 Å². The number of rotatable bonds is 3. The summed E-state index contributed by atoms with van der Waals surface area (Å²) in [5.74, 6) is 2.47. The highest BCUT2D eigenvalue weighted by Gasteiger charge is 2.07. The lowest BCUT2D eigenvalue weighted by atomic mass is 10.1. The molecule has 0 aliphatic rings. The second kappa shape index (κ2) is 4.93. The number of terminal acetylenes is 1. The Balaban J connectivity index is 3.05. The number of hydrogen-bond donors (Lipinski definition) is 1. The maximum atomic E-state index is 8.96. The van der Waals surface area contributed by atoms with Crippen LogP contribution in [0, 0.1) is 12.3 Å². The van der Waals surface area contributed by atoms with Crippen LogP contribution in [0.4, 0.5) is 0 Å². The summed E-state index contributed by atoms with van der Waals surface area (Å²) in [4.78, 5) is 2.65. The number of aliphatic hydroxyl groups is 1. The van der Waals surface area contributed by atoms with Crippen LogP contribution in [0.15, 0.2) is 29.4 Å². The zero-order valence-electron chi connectivity index (χ0n) is 7.46. The fourth-order valence-corrected chi connectivity index (χ4v) is 1.11. The van der Waals surface area contributed by atoms with Crippen LogP contribution in [0.2, 0.25) is 0 Å². The van der Waals surface area contributed by atoms with Gasteiger partial charge in [0.2, 0.25) is 0 Å². The molecule has 0 aliphatic carbocycles. The van der Waals surface area contributed by atoms with Crippen molar-refractivity contribution in [1.29, 1.82) is 0 Å². The van der Waals surface area contributed by atoms with E-state index >= 15 is 0 Å². The number of nitrogens with zero attached hydrogens (tertiary/aromatic N) is 3. The molecule has 0 bridgehead atoms. The molecule has 1 unspecified atom stereocenters. The van der Waals surface area contributed by atoms with Gasteiger partial charge in [0.25, 0.3) is 0 Å². The van der Waals surface area contributed by atoms with Gasteiger partial charge in [-0.15, -0.1) is 6.42 Å². The molecule has 1 aromatic rings. The summed E-state index contributed by atoms with van der Waals surface area (Å²) in [6, 6.07) is 6.45. The highest BCUT2D eigenvalue weighted by atomic mass is 16.3. The van der Waals surface area contributed by atoms with Gasteiger partial charge in [0, 0.05) is 10.5 Å². The van der Waals surface area contributed by atoms with Gasteiger partial charge in [0.1, 0.15) is 0 Å². The van der Waals surface area contributed by atoms with Crippen molar-refractivity contribution in [2.75, 3.05) is 6.61 Å². The average Bonchev–Trinajstić information content (AvgIpc) is 2.26. The van der Waals surface area contributed by atoms with Crippen LogP contribution in [0.1, 0.15) is 17.2 Å². The maximum absolute atomic E-state index is 8.96. The summed E-state index contributed by atoms with van der Waals surface area (Å²) in [6.45, 7) is -0.224. The standard InChI is InChI=1S/C10H9N3O/c1-2-8-4-3-5-9(6-8)10(7-14)12-13-11/h1,3-6,10,14H,7H2. The van der Waals surface area contributed by atoms with E-state index in [0.29, 0.717) is 5.56 Å². The van der Waals surface area contributed by atoms with Gasteiger partial charge in [-0.3, -0.25) is 0 Å². The van der Waals surface area contributed by atoms with Gasteiger partial charge in [-0.2, -0.15) is 0 Å². The number of benzene rings is 1. The molecular weight excluding hydrogens is 178 g/mol. The van der Waals surface area contributed by atoms with Crippen molar-refractivity contribution >= 4 is 0 Å². The van der Waals surface area contributed by atoms with Gasteiger partial charge in [0.15, 0.2) is 0 Å². The van der Waals surface area contributed by atoms with Crippen molar-refractivity contribution in [2.24, 2.45) is 5.11 Å². The Labute approximate surface area is 81.8 Å². The van der Waals surface area contributed by atoms with Crippen LogP contribution in [-0.2, 0) is 0 Å². The van der Waals surface area contributed by atoms with E-state index in [1.807, 2.05) is 0 Å². The van der Waals surface area contributed by atoms with Crippen LogP contribution in [-0.4, -0.2) is 11.7 Å². The Morgan fingerprint density at radius 1 is 1.64 bits per heavy atom. The Morgan fingerprint density at radius 2 is 2.43 bits per heavy atom. The molecule has 0 aliphatic heterocycles. The summed E-state index contributed by atoms with van der Waals surface area (Å²) in [7, 11) is 0. The third kappa shape index (κ3) is 2.27. The van der Waals surface area contributed by atoms with Crippen LogP contribution in [0.25, 0.3) is 10.4 Å². The summed E-state index contributed by atoms with van der Waals surface area (Å²) in [5, 5.41) is 12.4. The highest BCUT2D eigenvalue weighted by Crippen LogP contribution is 2.17.